The van der Waals surface area contributed by atoms with Crippen molar-refractivity contribution < 1.29 is 4.79 Å². The summed E-state index contributed by atoms with van der Waals surface area (Å²) in [6.45, 7) is 2.96. The fourth-order valence-corrected chi connectivity index (χ4v) is 4.96. The molecule has 192 valence electrons. The molecule has 8 nitrogen and oxygen atoms in total. The van der Waals surface area contributed by atoms with E-state index in [4.69, 9.17) is 0 Å². The number of nitrogens with one attached hydrogen (secondary N) is 3. The van der Waals surface area contributed by atoms with Crippen molar-refractivity contribution >= 4 is 28.4 Å². The Morgan fingerprint density at radius 3 is 2.58 bits per heavy atom. The highest BCUT2D eigenvalue weighted by molar-refractivity contribution is 6.04. The summed E-state index contributed by atoms with van der Waals surface area (Å²) in [7, 11) is 2.16. The van der Waals surface area contributed by atoms with Gasteiger partial charge in [0, 0.05) is 35.5 Å². The van der Waals surface area contributed by atoms with E-state index >= 15 is 0 Å². The van der Waals surface area contributed by atoms with Gasteiger partial charge in [-0.25, -0.2) is 4.98 Å². The summed E-state index contributed by atoms with van der Waals surface area (Å²) in [5, 5.41) is 13.9. The molecule has 2 aromatic heterocycles. The van der Waals surface area contributed by atoms with E-state index < -0.39 is 0 Å². The van der Waals surface area contributed by atoms with Crippen LogP contribution in [0.2, 0.25) is 0 Å². The van der Waals surface area contributed by atoms with Gasteiger partial charge in [0.2, 0.25) is 0 Å². The Bertz CT molecular complexity index is 1530. The normalized spacial score (nSPS) is 14.6. The average molecular weight is 506 g/mol. The standard InChI is InChI=1S/C30H31N7O/c1-36-15-13-25(14-16-36)32-24-10-7-22(8-11-24)30(38)33-29-18-27(34-35-29)23-9-12-26-28(17-23)37(20-31-26)19-21-5-3-2-4-6-21/h2-12,17-18,20,25,32H,13-16,19H2,1H3,(H2,33,34,35,38). The van der Waals surface area contributed by atoms with Crippen LogP contribution in [0.4, 0.5) is 11.5 Å². The fourth-order valence-electron chi connectivity index (χ4n) is 4.96. The molecule has 0 atom stereocenters. The lowest BCUT2D eigenvalue weighted by Crippen LogP contribution is -2.36. The summed E-state index contributed by atoms with van der Waals surface area (Å²) in [6.07, 6.45) is 4.12. The van der Waals surface area contributed by atoms with E-state index in [-0.39, 0.29) is 5.91 Å². The van der Waals surface area contributed by atoms with Crippen LogP contribution in [-0.4, -0.2) is 56.7 Å². The van der Waals surface area contributed by atoms with Gasteiger partial charge in [0.1, 0.15) is 0 Å². The number of anilines is 2. The van der Waals surface area contributed by atoms with E-state index in [2.05, 4.69) is 60.5 Å². The lowest BCUT2D eigenvalue weighted by atomic mass is 10.0. The first kappa shape index (κ1) is 23.9. The van der Waals surface area contributed by atoms with Crippen LogP contribution in [0, 0.1) is 0 Å². The first-order chi connectivity index (χ1) is 18.6. The molecule has 0 radical (unpaired) electrons. The molecular formula is C30H31N7O. The number of hydrogen-bond donors (Lipinski definition) is 3. The number of benzene rings is 3. The highest BCUT2D eigenvalue weighted by Gasteiger charge is 2.17. The SMILES string of the molecule is CN1CCC(Nc2ccc(C(=O)Nc3cc(-c4ccc5ncn(Cc6ccccc6)c5c4)[nH]n3)cc2)CC1. The predicted molar refractivity (Wildman–Crippen MR) is 151 cm³/mol. The van der Waals surface area contributed by atoms with Crippen molar-refractivity contribution in [2.45, 2.75) is 25.4 Å². The van der Waals surface area contributed by atoms with E-state index in [9.17, 15) is 4.79 Å². The molecule has 8 heteroatoms. The largest absolute Gasteiger partial charge is 0.382 e. The minimum absolute atomic E-state index is 0.190. The molecule has 1 saturated heterocycles. The van der Waals surface area contributed by atoms with Gasteiger partial charge in [-0.2, -0.15) is 5.10 Å². The number of rotatable bonds is 7. The van der Waals surface area contributed by atoms with Crippen molar-refractivity contribution in [1.82, 2.24) is 24.6 Å². The molecule has 1 aliphatic heterocycles. The zero-order chi connectivity index (χ0) is 25.9. The van der Waals surface area contributed by atoms with Gasteiger partial charge >= 0.3 is 0 Å². The third-order valence-electron chi connectivity index (χ3n) is 7.18. The molecule has 0 bridgehead atoms. The van der Waals surface area contributed by atoms with Gasteiger partial charge in [-0.1, -0.05) is 36.4 Å². The molecule has 5 aromatic rings. The summed E-state index contributed by atoms with van der Waals surface area (Å²) in [5.74, 6) is 0.293. The van der Waals surface area contributed by atoms with Gasteiger partial charge in [-0.15, -0.1) is 0 Å². The lowest BCUT2D eigenvalue weighted by Gasteiger charge is -2.30. The Labute approximate surface area is 221 Å². The van der Waals surface area contributed by atoms with Crippen LogP contribution in [0.15, 0.2) is 85.2 Å². The van der Waals surface area contributed by atoms with Gasteiger partial charge in [0.05, 0.1) is 23.1 Å². The number of carbonyl (C=O) groups excluding carboxylic acids is 1. The second kappa shape index (κ2) is 10.5. The minimum Gasteiger partial charge on any atom is -0.382 e. The van der Waals surface area contributed by atoms with Crippen molar-refractivity contribution in [1.29, 1.82) is 0 Å². The van der Waals surface area contributed by atoms with Gasteiger partial charge in [-0.3, -0.25) is 9.89 Å². The molecule has 3 N–H and O–H groups in total. The smallest absolute Gasteiger partial charge is 0.256 e. The summed E-state index contributed by atoms with van der Waals surface area (Å²) in [6, 6.07) is 26.4. The van der Waals surface area contributed by atoms with E-state index in [1.165, 1.54) is 5.56 Å². The van der Waals surface area contributed by atoms with Crippen LogP contribution in [0.1, 0.15) is 28.8 Å². The predicted octanol–water partition coefficient (Wildman–Crippen LogP) is 5.23. The summed E-state index contributed by atoms with van der Waals surface area (Å²) in [4.78, 5) is 19.7. The van der Waals surface area contributed by atoms with E-state index in [0.717, 1.165) is 60.5 Å². The third kappa shape index (κ3) is 5.31. The summed E-state index contributed by atoms with van der Waals surface area (Å²) >= 11 is 0. The second-order valence-electron chi connectivity index (χ2n) is 9.98. The quantitative estimate of drug-likeness (QED) is 0.282. The molecule has 0 aliphatic carbocycles. The average Bonchev–Trinajstić information content (AvgIpc) is 3.58. The zero-order valence-corrected chi connectivity index (χ0v) is 21.4. The van der Waals surface area contributed by atoms with Gasteiger partial charge < -0.3 is 20.1 Å². The van der Waals surface area contributed by atoms with Crippen molar-refractivity contribution in [3.63, 3.8) is 0 Å². The third-order valence-corrected chi connectivity index (χ3v) is 7.18. The number of piperidine rings is 1. The zero-order valence-electron chi connectivity index (χ0n) is 21.4. The number of hydrogen-bond acceptors (Lipinski definition) is 5. The first-order valence-electron chi connectivity index (χ1n) is 13.0. The lowest BCUT2D eigenvalue weighted by molar-refractivity contribution is 0.102. The molecule has 38 heavy (non-hydrogen) atoms. The maximum atomic E-state index is 12.9. The van der Waals surface area contributed by atoms with Crippen LogP contribution in [-0.2, 0) is 6.54 Å². The monoisotopic (exact) mass is 505 g/mol. The van der Waals surface area contributed by atoms with Crippen molar-refractivity contribution in [2.24, 2.45) is 0 Å². The van der Waals surface area contributed by atoms with Gasteiger partial charge in [0.15, 0.2) is 5.82 Å². The molecule has 1 amide bonds. The first-order valence-corrected chi connectivity index (χ1v) is 13.0. The number of likely N-dealkylation sites (tertiary alicyclic amines) is 1. The maximum Gasteiger partial charge on any atom is 0.256 e. The molecule has 3 heterocycles. The highest BCUT2D eigenvalue weighted by Crippen LogP contribution is 2.25. The number of amides is 1. The van der Waals surface area contributed by atoms with E-state index in [1.807, 2.05) is 67.0 Å². The Kier molecular flexibility index (Phi) is 6.62. The Balaban J connectivity index is 1.12. The molecule has 6 rings (SSSR count). The minimum atomic E-state index is -0.190. The number of nitrogens with zero attached hydrogens (tertiary/aromatic N) is 4. The molecule has 1 fully saturated rings. The summed E-state index contributed by atoms with van der Waals surface area (Å²) in [5.41, 5.74) is 6.63. The number of H-pyrrole nitrogens is 1. The molecule has 3 aromatic carbocycles. The van der Waals surface area contributed by atoms with Gasteiger partial charge in [0.25, 0.3) is 5.91 Å². The number of carbonyl (C=O) groups is 1. The van der Waals surface area contributed by atoms with Crippen molar-refractivity contribution in [2.75, 3.05) is 30.8 Å². The number of aromatic nitrogens is 4. The fraction of sp³-hybridized carbons (Fsp3) is 0.233. The Hall–Kier alpha value is -4.43. The maximum absolute atomic E-state index is 12.9. The van der Waals surface area contributed by atoms with Crippen LogP contribution in [0.3, 0.4) is 0 Å². The van der Waals surface area contributed by atoms with Crippen LogP contribution >= 0.6 is 0 Å². The number of aromatic amines is 1. The van der Waals surface area contributed by atoms with E-state index in [1.54, 1.807) is 0 Å². The van der Waals surface area contributed by atoms with E-state index in [0.29, 0.717) is 17.4 Å². The second-order valence-corrected chi connectivity index (χ2v) is 9.98. The molecular weight excluding hydrogens is 474 g/mol. The Morgan fingerprint density at radius 2 is 1.79 bits per heavy atom. The van der Waals surface area contributed by atoms with Gasteiger partial charge in [-0.05, 0) is 74.9 Å². The molecule has 0 unspecified atom stereocenters. The van der Waals surface area contributed by atoms with Crippen LogP contribution in [0.5, 0.6) is 0 Å². The summed E-state index contributed by atoms with van der Waals surface area (Å²) < 4.78 is 2.14. The Morgan fingerprint density at radius 1 is 1.00 bits per heavy atom. The van der Waals surface area contributed by atoms with Crippen molar-refractivity contribution in [3.8, 4) is 11.3 Å². The highest BCUT2D eigenvalue weighted by atomic mass is 16.1. The van der Waals surface area contributed by atoms with Crippen molar-refractivity contribution in [3.05, 3.63) is 96.3 Å². The number of fused-ring (bicyclic) bond motifs is 1. The topological polar surface area (TPSA) is 90.9 Å². The molecule has 0 saturated carbocycles. The van der Waals surface area contributed by atoms with Crippen LogP contribution in [0.25, 0.3) is 22.3 Å². The van der Waals surface area contributed by atoms with Crippen LogP contribution < -0.4 is 10.6 Å². The molecule has 0 spiro atoms. The number of imidazole rings is 1. The molecule has 1 aliphatic rings.